The van der Waals surface area contributed by atoms with E-state index in [1.807, 2.05) is 31.2 Å². The topological polar surface area (TPSA) is 66.5 Å². The number of hydrogen-bond acceptors (Lipinski definition) is 3. The number of benzene rings is 1. The summed E-state index contributed by atoms with van der Waals surface area (Å²) in [5.41, 5.74) is 1.86. The van der Waals surface area contributed by atoms with Crippen LogP contribution in [-0.4, -0.2) is 29.2 Å². The van der Waals surface area contributed by atoms with Crippen LogP contribution in [0.4, 0.5) is 5.69 Å². The first-order chi connectivity index (χ1) is 12.5. The van der Waals surface area contributed by atoms with Crippen LogP contribution in [0.2, 0.25) is 0 Å². The summed E-state index contributed by atoms with van der Waals surface area (Å²) in [5.74, 6) is 1.02. The molecule has 134 valence electrons. The predicted octanol–water partition coefficient (Wildman–Crippen LogP) is 2.38. The molecule has 6 atom stereocenters. The summed E-state index contributed by atoms with van der Waals surface area (Å²) in [6, 6.07) is 7.57. The van der Waals surface area contributed by atoms with Crippen molar-refractivity contribution in [2.75, 3.05) is 11.9 Å². The number of nitrogens with one attached hydrogen (secondary N) is 1. The molecule has 3 fully saturated rings. The molecule has 3 amide bonds. The highest BCUT2D eigenvalue weighted by Crippen LogP contribution is 2.65. The highest BCUT2D eigenvalue weighted by molar-refractivity contribution is 6.06. The van der Waals surface area contributed by atoms with E-state index in [9.17, 15) is 14.4 Å². The van der Waals surface area contributed by atoms with Crippen LogP contribution in [-0.2, 0) is 14.4 Å². The minimum Gasteiger partial charge on any atom is -0.326 e. The first-order valence-corrected chi connectivity index (χ1v) is 9.44. The summed E-state index contributed by atoms with van der Waals surface area (Å²) in [5, 5.41) is 2.83. The zero-order valence-corrected chi connectivity index (χ0v) is 14.7. The molecule has 5 heteroatoms. The number of hydrogen-bond donors (Lipinski definition) is 1. The largest absolute Gasteiger partial charge is 0.326 e. The standard InChI is InChI=1S/C21H22N2O3/c1-11-2-4-12(5-3-11)22-17(24)8-9-23-20(25)18-13-6-7-14(16-10-15(13)16)19(18)21(23)26/h2-7,13-16,18-19H,8-10H2,1H3,(H,22,24)/t13-,14-,15-,16+,18-,19+/m0/s1. The molecular formula is C21H22N2O3. The van der Waals surface area contributed by atoms with Crippen molar-refractivity contribution in [2.45, 2.75) is 19.8 Å². The predicted molar refractivity (Wildman–Crippen MR) is 95.8 cm³/mol. The SMILES string of the molecule is Cc1ccc(NC(=O)CCN2C(=O)[C@@H]3[C@H]4C=C[C@@H]([C@@H]5C[C@H]45)[C@@H]3C2=O)cc1. The van der Waals surface area contributed by atoms with Gasteiger partial charge in [-0.2, -0.15) is 0 Å². The number of carbonyl (C=O) groups is 3. The van der Waals surface area contributed by atoms with Crippen molar-refractivity contribution in [3.63, 3.8) is 0 Å². The van der Waals surface area contributed by atoms with E-state index in [1.54, 1.807) is 0 Å². The van der Waals surface area contributed by atoms with E-state index in [0.29, 0.717) is 11.8 Å². The molecule has 1 aliphatic heterocycles. The van der Waals surface area contributed by atoms with Crippen molar-refractivity contribution in [1.29, 1.82) is 0 Å². The molecule has 0 spiro atoms. The maximum absolute atomic E-state index is 12.9. The number of carbonyl (C=O) groups excluding carboxylic acids is 3. The third-order valence-electron chi connectivity index (χ3n) is 6.65. The quantitative estimate of drug-likeness (QED) is 0.670. The van der Waals surface area contributed by atoms with E-state index in [1.165, 1.54) is 4.90 Å². The van der Waals surface area contributed by atoms with Crippen molar-refractivity contribution in [3.05, 3.63) is 42.0 Å². The second-order valence-electron chi connectivity index (χ2n) is 8.15. The van der Waals surface area contributed by atoms with Crippen LogP contribution in [0.1, 0.15) is 18.4 Å². The Morgan fingerprint density at radius 1 is 1.04 bits per heavy atom. The van der Waals surface area contributed by atoms with Crippen LogP contribution in [0.25, 0.3) is 0 Å². The Morgan fingerprint density at radius 2 is 1.62 bits per heavy atom. The smallest absolute Gasteiger partial charge is 0.233 e. The van der Waals surface area contributed by atoms with E-state index >= 15 is 0 Å². The Morgan fingerprint density at radius 3 is 2.19 bits per heavy atom. The average molecular weight is 350 g/mol. The van der Waals surface area contributed by atoms with Crippen LogP contribution in [0.3, 0.4) is 0 Å². The van der Waals surface area contributed by atoms with Gasteiger partial charge in [0.25, 0.3) is 0 Å². The van der Waals surface area contributed by atoms with Gasteiger partial charge in [0, 0.05) is 18.7 Å². The minimum atomic E-state index is -0.179. The van der Waals surface area contributed by atoms with Crippen molar-refractivity contribution in [2.24, 2.45) is 35.5 Å². The molecule has 1 N–H and O–H groups in total. The zero-order valence-electron chi connectivity index (χ0n) is 14.7. The van der Waals surface area contributed by atoms with Crippen LogP contribution in [0.15, 0.2) is 36.4 Å². The molecule has 1 aromatic rings. The highest BCUT2D eigenvalue weighted by Gasteiger charge is 2.66. The van der Waals surface area contributed by atoms with E-state index in [2.05, 4.69) is 17.5 Å². The third-order valence-corrected chi connectivity index (χ3v) is 6.65. The Kier molecular flexibility index (Phi) is 3.36. The Balaban J connectivity index is 1.24. The summed E-state index contributed by atoms with van der Waals surface area (Å²) < 4.78 is 0. The van der Waals surface area contributed by atoms with Crippen LogP contribution < -0.4 is 5.32 Å². The number of allylic oxidation sites excluding steroid dienone is 2. The van der Waals surface area contributed by atoms with Gasteiger partial charge in [-0.3, -0.25) is 19.3 Å². The molecule has 0 unspecified atom stereocenters. The molecule has 2 saturated carbocycles. The molecular weight excluding hydrogens is 328 g/mol. The first-order valence-electron chi connectivity index (χ1n) is 9.44. The monoisotopic (exact) mass is 350 g/mol. The van der Waals surface area contributed by atoms with Gasteiger partial charge >= 0.3 is 0 Å². The first kappa shape index (κ1) is 15.8. The lowest BCUT2D eigenvalue weighted by Gasteiger charge is -2.37. The van der Waals surface area contributed by atoms with Crippen molar-refractivity contribution >= 4 is 23.4 Å². The van der Waals surface area contributed by atoms with E-state index in [4.69, 9.17) is 0 Å². The van der Waals surface area contributed by atoms with Gasteiger partial charge in [-0.15, -0.1) is 0 Å². The number of aryl methyl sites for hydroxylation is 1. The van der Waals surface area contributed by atoms with Gasteiger partial charge in [0.15, 0.2) is 0 Å². The van der Waals surface area contributed by atoms with Gasteiger partial charge < -0.3 is 5.32 Å². The lowest BCUT2D eigenvalue weighted by atomic mass is 9.63. The highest BCUT2D eigenvalue weighted by atomic mass is 16.2. The van der Waals surface area contributed by atoms with E-state index in [0.717, 1.165) is 17.7 Å². The van der Waals surface area contributed by atoms with Crippen molar-refractivity contribution in [3.8, 4) is 0 Å². The van der Waals surface area contributed by atoms with E-state index in [-0.39, 0.29) is 54.4 Å². The molecule has 0 radical (unpaired) electrons. The van der Waals surface area contributed by atoms with Gasteiger partial charge in [0.2, 0.25) is 17.7 Å². The lowest BCUT2D eigenvalue weighted by molar-refractivity contribution is -0.140. The number of anilines is 1. The Labute approximate surface area is 152 Å². The fourth-order valence-corrected chi connectivity index (χ4v) is 5.31. The average Bonchev–Trinajstić information content (AvgIpc) is 3.41. The number of nitrogens with zero attached hydrogens (tertiary/aromatic N) is 1. The van der Waals surface area contributed by atoms with Gasteiger partial charge in [-0.05, 0) is 49.1 Å². The zero-order chi connectivity index (χ0) is 18.0. The molecule has 5 aliphatic rings. The van der Waals surface area contributed by atoms with Gasteiger partial charge in [-0.25, -0.2) is 0 Å². The summed E-state index contributed by atoms with van der Waals surface area (Å²) in [7, 11) is 0. The van der Waals surface area contributed by atoms with Crippen molar-refractivity contribution < 1.29 is 14.4 Å². The molecule has 1 aromatic carbocycles. The van der Waals surface area contributed by atoms with Crippen LogP contribution in [0, 0.1) is 42.4 Å². The summed E-state index contributed by atoms with van der Waals surface area (Å²) in [6.45, 7) is 2.17. The van der Waals surface area contributed by atoms with Gasteiger partial charge in [0.1, 0.15) is 0 Å². The molecule has 4 aliphatic carbocycles. The fourth-order valence-electron chi connectivity index (χ4n) is 5.31. The molecule has 0 aromatic heterocycles. The van der Waals surface area contributed by atoms with E-state index < -0.39 is 0 Å². The Bertz CT molecular complexity index is 792. The maximum Gasteiger partial charge on any atom is 0.233 e. The Hall–Kier alpha value is -2.43. The fraction of sp³-hybridized carbons (Fsp3) is 0.476. The molecule has 26 heavy (non-hydrogen) atoms. The summed E-state index contributed by atoms with van der Waals surface area (Å²) >= 11 is 0. The summed E-state index contributed by atoms with van der Waals surface area (Å²) in [4.78, 5) is 39.3. The van der Waals surface area contributed by atoms with Crippen LogP contribution >= 0.6 is 0 Å². The molecule has 6 rings (SSSR count). The number of likely N-dealkylation sites (tertiary alicyclic amines) is 1. The normalized spacial score (nSPS) is 36.1. The maximum atomic E-state index is 12.9. The third kappa shape index (κ3) is 2.26. The lowest BCUT2D eigenvalue weighted by Crippen LogP contribution is -2.40. The molecule has 1 saturated heterocycles. The van der Waals surface area contributed by atoms with Crippen LogP contribution in [0.5, 0.6) is 0 Å². The van der Waals surface area contributed by atoms with Gasteiger partial charge in [-0.1, -0.05) is 29.8 Å². The number of imide groups is 1. The molecule has 5 nitrogen and oxygen atoms in total. The molecule has 2 bridgehead atoms. The minimum absolute atomic E-state index is 0.0622. The van der Waals surface area contributed by atoms with Gasteiger partial charge in [0.05, 0.1) is 11.8 Å². The number of rotatable bonds is 4. The molecule has 1 heterocycles. The number of amides is 3. The summed E-state index contributed by atoms with van der Waals surface area (Å²) in [6.07, 6.45) is 5.63. The van der Waals surface area contributed by atoms with Crippen molar-refractivity contribution in [1.82, 2.24) is 4.90 Å². The second kappa shape index (κ2) is 5.53. The second-order valence-corrected chi connectivity index (χ2v) is 8.15.